The number of aliphatic hydroxyl groups is 2. The van der Waals surface area contributed by atoms with E-state index in [-0.39, 0.29) is 4.90 Å². The third-order valence-electron chi connectivity index (χ3n) is 7.05. The maximum atomic E-state index is 13.0. The molecular formula is C31H40N6O4S. The SMILES string of the molecule is CCCCCCC(O)c1nn(-c2ccc(S(=O)(=O)Nc3ccc(CCNCC(O)c4cccnc4)cc3)cc2)nc1C. The molecule has 2 atom stereocenters. The van der Waals surface area contributed by atoms with Crippen LogP contribution in [0.25, 0.3) is 5.69 Å². The summed E-state index contributed by atoms with van der Waals surface area (Å²) in [4.78, 5) is 5.57. The molecule has 2 aromatic carbocycles. The first-order valence-electron chi connectivity index (χ1n) is 14.4. The summed E-state index contributed by atoms with van der Waals surface area (Å²) in [6, 6.07) is 17.2. The summed E-state index contributed by atoms with van der Waals surface area (Å²) in [6.07, 6.45) is 7.67. The zero-order valence-electron chi connectivity index (χ0n) is 24.1. The molecule has 0 radical (unpaired) electrons. The standard InChI is InChI=1S/C31H40N6O4S/c1-3-4-5-6-9-29(38)31-23(2)34-37(35-31)27-14-16-28(17-15-27)42(40,41)36-26-12-10-24(11-13-26)18-20-33-22-30(39)25-8-7-19-32-21-25/h7-8,10-17,19,21,29-30,33,36,38-39H,3-6,9,18,20,22H2,1-2H3. The van der Waals surface area contributed by atoms with Crippen LogP contribution in [0.5, 0.6) is 0 Å². The number of anilines is 1. The van der Waals surface area contributed by atoms with Crippen molar-refractivity contribution >= 4 is 15.7 Å². The number of aryl methyl sites for hydroxylation is 1. The predicted octanol–water partition coefficient (Wildman–Crippen LogP) is 4.64. The van der Waals surface area contributed by atoms with Crippen molar-refractivity contribution in [1.29, 1.82) is 0 Å². The number of nitrogens with one attached hydrogen (secondary N) is 2. The van der Waals surface area contributed by atoms with Crippen LogP contribution in [0.2, 0.25) is 0 Å². The molecule has 0 saturated heterocycles. The van der Waals surface area contributed by atoms with Gasteiger partial charge in [-0.1, -0.05) is 50.8 Å². The Hall–Kier alpha value is -3.64. The van der Waals surface area contributed by atoms with E-state index in [9.17, 15) is 18.6 Å². The van der Waals surface area contributed by atoms with E-state index in [1.54, 1.807) is 42.7 Å². The van der Waals surface area contributed by atoms with Gasteiger partial charge in [0.15, 0.2) is 0 Å². The number of aromatic nitrogens is 4. The van der Waals surface area contributed by atoms with Crippen LogP contribution in [0.1, 0.15) is 73.8 Å². The molecule has 224 valence electrons. The zero-order valence-corrected chi connectivity index (χ0v) is 25.0. The van der Waals surface area contributed by atoms with Gasteiger partial charge in [-0.15, -0.1) is 0 Å². The Morgan fingerprint density at radius 2 is 1.69 bits per heavy atom. The molecule has 0 fully saturated rings. The van der Waals surface area contributed by atoms with E-state index in [2.05, 4.69) is 32.1 Å². The molecule has 4 rings (SSSR count). The fourth-order valence-corrected chi connectivity index (χ4v) is 5.65. The molecule has 4 aromatic rings. The van der Waals surface area contributed by atoms with Crippen molar-refractivity contribution in [1.82, 2.24) is 25.3 Å². The maximum absolute atomic E-state index is 13.0. The molecule has 11 heteroatoms. The Kier molecular flexibility index (Phi) is 11.2. The number of hydrogen-bond donors (Lipinski definition) is 4. The number of unbranched alkanes of at least 4 members (excludes halogenated alkanes) is 3. The topological polar surface area (TPSA) is 142 Å². The van der Waals surface area contributed by atoms with Crippen molar-refractivity contribution in [2.75, 3.05) is 17.8 Å². The van der Waals surface area contributed by atoms with Gasteiger partial charge in [0, 0.05) is 30.2 Å². The van der Waals surface area contributed by atoms with Crippen LogP contribution >= 0.6 is 0 Å². The number of benzene rings is 2. The van der Waals surface area contributed by atoms with Gasteiger partial charge in [0.25, 0.3) is 10.0 Å². The lowest BCUT2D eigenvalue weighted by atomic mass is 10.1. The normalized spacial score (nSPS) is 13.1. The number of rotatable bonds is 16. The second kappa shape index (κ2) is 15.0. The molecule has 2 unspecified atom stereocenters. The highest BCUT2D eigenvalue weighted by Gasteiger charge is 2.18. The lowest BCUT2D eigenvalue weighted by Crippen LogP contribution is -2.23. The van der Waals surface area contributed by atoms with E-state index >= 15 is 0 Å². The Morgan fingerprint density at radius 3 is 2.38 bits per heavy atom. The highest BCUT2D eigenvalue weighted by molar-refractivity contribution is 7.92. The zero-order chi connectivity index (χ0) is 30.0. The molecule has 0 amide bonds. The van der Waals surface area contributed by atoms with Crippen LogP contribution in [0, 0.1) is 6.92 Å². The first-order chi connectivity index (χ1) is 20.3. The van der Waals surface area contributed by atoms with Crippen LogP contribution in [0.3, 0.4) is 0 Å². The summed E-state index contributed by atoms with van der Waals surface area (Å²) < 4.78 is 28.6. The summed E-state index contributed by atoms with van der Waals surface area (Å²) in [6.45, 7) is 5.05. The van der Waals surface area contributed by atoms with E-state index in [1.165, 1.54) is 16.9 Å². The molecule has 10 nitrogen and oxygen atoms in total. The molecule has 2 aromatic heterocycles. The molecular weight excluding hydrogens is 552 g/mol. The predicted molar refractivity (Wildman–Crippen MR) is 163 cm³/mol. The summed E-state index contributed by atoms with van der Waals surface area (Å²) in [5.74, 6) is 0. The molecule has 4 N–H and O–H groups in total. The average molecular weight is 593 g/mol. The van der Waals surface area contributed by atoms with Crippen LogP contribution in [-0.4, -0.2) is 51.7 Å². The lowest BCUT2D eigenvalue weighted by Gasteiger charge is -2.12. The second-order valence-electron chi connectivity index (χ2n) is 10.4. The number of aliphatic hydroxyl groups excluding tert-OH is 2. The summed E-state index contributed by atoms with van der Waals surface area (Å²) in [7, 11) is -3.80. The van der Waals surface area contributed by atoms with Crippen molar-refractivity contribution in [2.24, 2.45) is 0 Å². The Morgan fingerprint density at radius 1 is 0.929 bits per heavy atom. The first-order valence-corrected chi connectivity index (χ1v) is 15.9. The van der Waals surface area contributed by atoms with Gasteiger partial charge < -0.3 is 15.5 Å². The minimum Gasteiger partial charge on any atom is -0.387 e. The molecule has 42 heavy (non-hydrogen) atoms. The van der Waals surface area contributed by atoms with Gasteiger partial charge in [-0.3, -0.25) is 9.71 Å². The number of nitrogens with zero attached hydrogens (tertiary/aromatic N) is 4. The van der Waals surface area contributed by atoms with Crippen molar-refractivity contribution in [2.45, 2.75) is 69.5 Å². The molecule has 2 heterocycles. The van der Waals surface area contributed by atoms with E-state index in [1.807, 2.05) is 25.1 Å². The van der Waals surface area contributed by atoms with Gasteiger partial charge in [-0.05, 0) is 74.3 Å². The molecule has 0 spiro atoms. The smallest absolute Gasteiger partial charge is 0.261 e. The minimum atomic E-state index is -3.80. The number of pyridine rings is 1. The van der Waals surface area contributed by atoms with Crippen LogP contribution < -0.4 is 10.0 Å². The molecule has 0 bridgehead atoms. The fraction of sp³-hybridized carbons (Fsp3) is 0.387. The van der Waals surface area contributed by atoms with Crippen LogP contribution in [-0.2, 0) is 16.4 Å². The fourth-order valence-electron chi connectivity index (χ4n) is 4.59. The number of sulfonamides is 1. The summed E-state index contributed by atoms with van der Waals surface area (Å²) >= 11 is 0. The third kappa shape index (κ3) is 8.68. The first kappa shape index (κ1) is 31.3. The van der Waals surface area contributed by atoms with Gasteiger partial charge in [0.2, 0.25) is 0 Å². The van der Waals surface area contributed by atoms with Gasteiger partial charge in [0.1, 0.15) is 5.69 Å². The van der Waals surface area contributed by atoms with Crippen LogP contribution in [0.4, 0.5) is 5.69 Å². The lowest BCUT2D eigenvalue weighted by molar-refractivity contribution is 0.157. The monoisotopic (exact) mass is 592 g/mol. The second-order valence-corrected chi connectivity index (χ2v) is 12.1. The Labute approximate surface area is 247 Å². The quantitative estimate of drug-likeness (QED) is 0.138. The minimum absolute atomic E-state index is 0.117. The van der Waals surface area contributed by atoms with E-state index < -0.39 is 22.2 Å². The summed E-state index contributed by atoms with van der Waals surface area (Å²) in [5, 5.41) is 32.9. The highest BCUT2D eigenvalue weighted by Crippen LogP contribution is 2.23. The molecule has 0 aliphatic carbocycles. The van der Waals surface area contributed by atoms with Crippen LogP contribution in [0.15, 0.2) is 78.0 Å². The number of hydrogen-bond acceptors (Lipinski definition) is 8. The molecule has 0 aliphatic rings. The van der Waals surface area contributed by atoms with Gasteiger partial charge >= 0.3 is 0 Å². The van der Waals surface area contributed by atoms with Crippen molar-refractivity contribution < 1.29 is 18.6 Å². The van der Waals surface area contributed by atoms with E-state index in [0.717, 1.165) is 43.2 Å². The molecule has 0 aliphatic heterocycles. The average Bonchev–Trinajstić information content (AvgIpc) is 3.40. The molecule has 0 saturated carbocycles. The Bertz CT molecular complexity index is 1490. The van der Waals surface area contributed by atoms with E-state index in [0.29, 0.717) is 42.3 Å². The van der Waals surface area contributed by atoms with E-state index in [4.69, 9.17) is 0 Å². The van der Waals surface area contributed by atoms with Gasteiger partial charge in [0.05, 0.1) is 28.5 Å². The summed E-state index contributed by atoms with van der Waals surface area (Å²) in [5.41, 5.74) is 4.07. The Balaban J connectivity index is 1.29. The van der Waals surface area contributed by atoms with Crippen molar-refractivity contribution in [3.05, 3.63) is 95.6 Å². The van der Waals surface area contributed by atoms with Crippen molar-refractivity contribution in [3.8, 4) is 5.69 Å². The van der Waals surface area contributed by atoms with Gasteiger partial charge in [-0.2, -0.15) is 15.0 Å². The largest absolute Gasteiger partial charge is 0.387 e. The van der Waals surface area contributed by atoms with Crippen molar-refractivity contribution in [3.63, 3.8) is 0 Å². The highest BCUT2D eigenvalue weighted by atomic mass is 32.2. The third-order valence-corrected chi connectivity index (χ3v) is 8.44. The van der Waals surface area contributed by atoms with Gasteiger partial charge in [-0.25, -0.2) is 8.42 Å². The maximum Gasteiger partial charge on any atom is 0.261 e.